The van der Waals surface area contributed by atoms with Gasteiger partial charge >= 0.3 is 0 Å². The average molecular weight is 225 g/mol. The van der Waals surface area contributed by atoms with Gasteiger partial charge in [-0.2, -0.15) is 0 Å². The van der Waals surface area contributed by atoms with E-state index in [1.165, 1.54) is 64.2 Å². The molecular weight excluding hydrogens is 192 g/mol. The standard InChI is InChI=1S/C16H33/c1-5-6-9-13-16(4)14-11-8-7-10-12-15(2)3/h15-16H,2,5-14H2,1,3-4H3. The van der Waals surface area contributed by atoms with Crippen molar-refractivity contribution in [2.75, 3.05) is 0 Å². The first-order chi connectivity index (χ1) is 7.66. The van der Waals surface area contributed by atoms with Crippen molar-refractivity contribution < 1.29 is 0 Å². The molecule has 0 nitrogen and oxygen atoms in total. The van der Waals surface area contributed by atoms with Gasteiger partial charge in [0, 0.05) is 0 Å². The van der Waals surface area contributed by atoms with Crippen LogP contribution in [0.25, 0.3) is 0 Å². The number of rotatable bonds is 11. The van der Waals surface area contributed by atoms with Crippen molar-refractivity contribution in [1.29, 1.82) is 0 Å². The van der Waals surface area contributed by atoms with Crippen LogP contribution < -0.4 is 0 Å². The van der Waals surface area contributed by atoms with Crippen LogP contribution in [0.5, 0.6) is 0 Å². The molecule has 0 N–H and O–H groups in total. The second kappa shape index (κ2) is 11.5. The van der Waals surface area contributed by atoms with Gasteiger partial charge in [0.1, 0.15) is 0 Å². The molecule has 0 aliphatic heterocycles. The van der Waals surface area contributed by atoms with Gasteiger partial charge in [0.25, 0.3) is 0 Å². The molecule has 0 saturated carbocycles. The highest BCUT2D eigenvalue weighted by Crippen LogP contribution is 2.17. The summed E-state index contributed by atoms with van der Waals surface area (Å²) in [7, 11) is 0. The molecule has 0 heterocycles. The predicted molar refractivity (Wildman–Crippen MR) is 75.5 cm³/mol. The quantitative estimate of drug-likeness (QED) is 0.377. The Labute approximate surface area is 104 Å². The van der Waals surface area contributed by atoms with Crippen LogP contribution in [-0.2, 0) is 0 Å². The zero-order valence-electron chi connectivity index (χ0n) is 11.9. The van der Waals surface area contributed by atoms with Crippen molar-refractivity contribution in [2.24, 2.45) is 11.8 Å². The lowest BCUT2D eigenvalue weighted by Crippen LogP contribution is -1.95. The molecule has 0 aromatic carbocycles. The van der Waals surface area contributed by atoms with Crippen molar-refractivity contribution >= 4 is 0 Å². The lowest BCUT2D eigenvalue weighted by molar-refractivity contribution is 0.434. The Kier molecular flexibility index (Phi) is 11.5. The largest absolute Gasteiger partial charge is 0.0654 e. The molecule has 97 valence electrons. The lowest BCUT2D eigenvalue weighted by Gasteiger charge is -2.10. The van der Waals surface area contributed by atoms with Crippen molar-refractivity contribution in [1.82, 2.24) is 0 Å². The van der Waals surface area contributed by atoms with Gasteiger partial charge in [-0.1, -0.05) is 91.9 Å². The minimum absolute atomic E-state index is 0.646. The topological polar surface area (TPSA) is 0 Å². The van der Waals surface area contributed by atoms with Gasteiger partial charge in [-0.15, -0.1) is 0 Å². The highest BCUT2D eigenvalue weighted by molar-refractivity contribution is 4.57. The highest BCUT2D eigenvalue weighted by Gasteiger charge is 2.01. The lowest BCUT2D eigenvalue weighted by atomic mass is 9.96. The fraction of sp³-hybridized carbons (Fsp3) is 0.938. The maximum Gasteiger partial charge on any atom is -0.0443 e. The normalized spacial score (nSPS) is 13.3. The first-order valence-corrected chi connectivity index (χ1v) is 7.49. The zero-order valence-corrected chi connectivity index (χ0v) is 11.9. The SMILES string of the molecule is [CH2]C(C)CCCCCCC(C)CCCCC. The van der Waals surface area contributed by atoms with Gasteiger partial charge < -0.3 is 0 Å². The van der Waals surface area contributed by atoms with Crippen LogP contribution in [0.3, 0.4) is 0 Å². The highest BCUT2D eigenvalue weighted by atomic mass is 14.1. The van der Waals surface area contributed by atoms with E-state index in [2.05, 4.69) is 27.7 Å². The molecule has 2 atom stereocenters. The predicted octanol–water partition coefficient (Wildman–Crippen LogP) is 6.01. The van der Waals surface area contributed by atoms with E-state index in [0.29, 0.717) is 5.92 Å². The second-order valence-corrected chi connectivity index (χ2v) is 5.70. The zero-order chi connectivity index (χ0) is 12.2. The number of hydrogen-bond acceptors (Lipinski definition) is 0. The third-order valence-electron chi connectivity index (χ3n) is 3.44. The van der Waals surface area contributed by atoms with E-state index < -0.39 is 0 Å². The third-order valence-corrected chi connectivity index (χ3v) is 3.44. The van der Waals surface area contributed by atoms with Crippen molar-refractivity contribution in [2.45, 2.75) is 85.0 Å². The Morgan fingerprint density at radius 3 is 1.75 bits per heavy atom. The van der Waals surface area contributed by atoms with Crippen LogP contribution in [-0.4, -0.2) is 0 Å². The molecule has 0 aliphatic rings. The van der Waals surface area contributed by atoms with E-state index in [1.54, 1.807) is 0 Å². The summed E-state index contributed by atoms with van der Waals surface area (Å²) < 4.78 is 0. The maximum absolute atomic E-state index is 4.03. The molecule has 2 unspecified atom stereocenters. The molecular formula is C16H33. The van der Waals surface area contributed by atoms with Crippen molar-refractivity contribution in [3.05, 3.63) is 6.92 Å². The molecule has 1 radical (unpaired) electrons. The molecule has 0 fully saturated rings. The van der Waals surface area contributed by atoms with Crippen LogP contribution in [0, 0.1) is 18.8 Å². The summed E-state index contributed by atoms with van der Waals surface area (Å²) in [5, 5.41) is 0. The van der Waals surface area contributed by atoms with Gasteiger partial charge in [-0.05, 0) is 11.8 Å². The van der Waals surface area contributed by atoms with Gasteiger partial charge in [-0.25, -0.2) is 0 Å². The minimum atomic E-state index is 0.646. The number of hydrogen-bond donors (Lipinski definition) is 0. The summed E-state index contributed by atoms with van der Waals surface area (Å²) in [5.74, 6) is 1.60. The summed E-state index contributed by atoms with van der Waals surface area (Å²) in [5.41, 5.74) is 0. The van der Waals surface area contributed by atoms with E-state index in [9.17, 15) is 0 Å². The maximum atomic E-state index is 4.03. The van der Waals surface area contributed by atoms with E-state index in [4.69, 9.17) is 0 Å². The Hall–Kier alpha value is 0. The van der Waals surface area contributed by atoms with E-state index in [0.717, 1.165) is 5.92 Å². The molecule has 0 aliphatic carbocycles. The van der Waals surface area contributed by atoms with Crippen molar-refractivity contribution in [3.63, 3.8) is 0 Å². The van der Waals surface area contributed by atoms with Gasteiger partial charge in [0.15, 0.2) is 0 Å². The first kappa shape index (κ1) is 16.0. The van der Waals surface area contributed by atoms with Crippen molar-refractivity contribution in [3.8, 4) is 0 Å². The molecule has 0 rings (SSSR count). The molecule has 16 heavy (non-hydrogen) atoms. The van der Waals surface area contributed by atoms with Crippen LogP contribution in [0.15, 0.2) is 0 Å². The first-order valence-electron chi connectivity index (χ1n) is 7.49. The van der Waals surface area contributed by atoms with E-state index >= 15 is 0 Å². The Bertz CT molecular complexity index is 126. The van der Waals surface area contributed by atoms with Crippen LogP contribution in [0.4, 0.5) is 0 Å². The molecule has 0 spiro atoms. The van der Waals surface area contributed by atoms with Gasteiger partial charge in [0.05, 0.1) is 0 Å². The van der Waals surface area contributed by atoms with Crippen LogP contribution in [0.1, 0.15) is 85.0 Å². The number of unbranched alkanes of at least 4 members (excludes halogenated alkanes) is 5. The molecule has 0 amide bonds. The summed E-state index contributed by atoms with van der Waals surface area (Å²) in [4.78, 5) is 0. The van der Waals surface area contributed by atoms with E-state index in [1.807, 2.05) is 0 Å². The monoisotopic (exact) mass is 225 g/mol. The Morgan fingerprint density at radius 1 is 0.750 bits per heavy atom. The Morgan fingerprint density at radius 2 is 1.25 bits per heavy atom. The van der Waals surface area contributed by atoms with Crippen LogP contribution in [0.2, 0.25) is 0 Å². The summed E-state index contributed by atoms with van der Waals surface area (Å²) in [6, 6.07) is 0. The summed E-state index contributed by atoms with van der Waals surface area (Å²) in [6.45, 7) is 11.0. The average Bonchev–Trinajstić information content (AvgIpc) is 2.23. The molecule has 0 aromatic rings. The minimum Gasteiger partial charge on any atom is -0.0654 e. The second-order valence-electron chi connectivity index (χ2n) is 5.70. The van der Waals surface area contributed by atoms with Crippen LogP contribution >= 0.6 is 0 Å². The molecule has 0 bridgehead atoms. The van der Waals surface area contributed by atoms with Gasteiger partial charge in [0.2, 0.25) is 0 Å². The smallest absolute Gasteiger partial charge is 0.0443 e. The summed E-state index contributed by atoms with van der Waals surface area (Å²) in [6.07, 6.45) is 14.1. The molecule has 0 heteroatoms. The fourth-order valence-corrected chi connectivity index (χ4v) is 2.23. The molecule has 0 saturated heterocycles. The third kappa shape index (κ3) is 12.1. The summed E-state index contributed by atoms with van der Waals surface area (Å²) >= 11 is 0. The fourth-order valence-electron chi connectivity index (χ4n) is 2.23. The Balaban J connectivity index is 3.12. The van der Waals surface area contributed by atoms with E-state index in [-0.39, 0.29) is 0 Å². The van der Waals surface area contributed by atoms with Gasteiger partial charge in [-0.3, -0.25) is 0 Å². The molecule has 0 aromatic heterocycles.